The molecular weight excluding hydrogens is 269 g/mol. The highest BCUT2D eigenvalue weighted by Crippen LogP contribution is 2.31. The SMILES string of the molecule is CC(C)(CNC(=O)CC#N)c1ccc(C(F)(F)F)cc1. The summed E-state index contributed by atoms with van der Waals surface area (Å²) in [7, 11) is 0. The van der Waals surface area contributed by atoms with Gasteiger partial charge in [-0.05, 0) is 17.7 Å². The lowest BCUT2D eigenvalue weighted by molar-refractivity contribution is -0.137. The molecule has 0 aliphatic heterocycles. The molecule has 0 heterocycles. The number of hydrogen-bond acceptors (Lipinski definition) is 2. The number of alkyl halides is 3. The van der Waals surface area contributed by atoms with Crippen molar-refractivity contribution in [1.82, 2.24) is 5.32 Å². The van der Waals surface area contributed by atoms with E-state index in [1.54, 1.807) is 6.07 Å². The van der Waals surface area contributed by atoms with E-state index in [4.69, 9.17) is 5.26 Å². The summed E-state index contributed by atoms with van der Waals surface area (Å²) >= 11 is 0. The zero-order chi connectivity index (χ0) is 15.4. The number of benzene rings is 1. The van der Waals surface area contributed by atoms with Crippen LogP contribution in [0.2, 0.25) is 0 Å². The van der Waals surface area contributed by atoms with E-state index in [2.05, 4.69) is 5.32 Å². The van der Waals surface area contributed by atoms with Crippen molar-refractivity contribution in [2.45, 2.75) is 31.9 Å². The summed E-state index contributed by atoms with van der Waals surface area (Å²) in [5, 5.41) is 11.0. The smallest absolute Gasteiger partial charge is 0.354 e. The molecule has 0 fully saturated rings. The number of nitrogens with one attached hydrogen (secondary N) is 1. The summed E-state index contributed by atoms with van der Waals surface area (Å²) in [5.41, 5.74) is -0.539. The summed E-state index contributed by atoms with van der Waals surface area (Å²) in [5.74, 6) is -0.396. The first-order chi connectivity index (χ1) is 9.16. The molecule has 0 unspecified atom stereocenters. The third kappa shape index (κ3) is 4.26. The Morgan fingerprint density at radius 1 is 1.20 bits per heavy atom. The van der Waals surface area contributed by atoms with Crippen LogP contribution in [0.15, 0.2) is 24.3 Å². The van der Waals surface area contributed by atoms with E-state index in [0.29, 0.717) is 5.56 Å². The summed E-state index contributed by atoms with van der Waals surface area (Å²) in [6.45, 7) is 3.86. The van der Waals surface area contributed by atoms with E-state index < -0.39 is 23.1 Å². The quantitative estimate of drug-likeness (QED) is 0.924. The molecule has 1 rings (SSSR count). The highest BCUT2D eigenvalue weighted by Gasteiger charge is 2.31. The van der Waals surface area contributed by atoms with Gasteiger partial charge in [0.25, 0.3) is 0 Å². The Labute approximate surface area is 115 Å². The second-order valence-corrected chi connectivity index (χ2v) is 5.07. The van der Waals surface area contributed by atoms with Gasteiger partial charge in [-0.25, -0.2) is 0 Å². The first-order valence-corrected chi connectivity index (χ1v) is 5.98. The van der Waals surface area contributed by atoms with Crippen LogP contribution < -0.4 is 5.32 Å². The minimum absolute atomic E-state index is 0.233. The van der Waals surface area contributed by atoms with Gasteiger partial charge < -0.3 is 5.32 Å². The Kier molecular flexibility index (Phi) is 4.77. The molecule has 6 heteroatoms. The fourth-order valence-corrected chi connectivity index (χ4v) is 1.67. The Morgan fingerprint density at radius 2 is 1.70 bits per heavy atom. The number of halogens is 3. The lowest BCUT2D eigenvalue weighted by atomic mass is 9.84. The fourth-order valence-electron chi connectivity index (χ4n) is 1.67. The third-order valence-corrected chi connectivity index (χ3v) is 2.96. The highest BCUT2D eigenvalue weighted by molar-refractivity contribution is 5.78. The van der Waals surface area contributed by atoms with E-state index >= 15 is 0 Å². The standard InChI is InChI=1S/C14H15F3N2O/c1-13(2,9-19-12(20)7-8-18)10-3-5-11(6-4-10)14(15,16)17/h3-6H,7,9H2,1-2H3,(H,19,20). The number of nitrogens with zero attached hydrogens (tertiary/aromatic N) is 1. The van der Waals surface area contributed by atoms with Crippen molar-refractivity contribution in [3.05, 3.63) is 35.4 Å². The Hall–Kier alpha value is -2.03. The molecule has 0 saturated carbocycles. The fraction of sp³-hybridized carbons (Fsp3) is 0.429. The minimum atomic E-state index is -4.36. The Bertz CT molecular complexity index is 513. The molecule has 0 radical (unpaired) electrons. The lowest BCUT2D eigenvalue weighted by Gasteiger charge is -2.26. The maximum atomic E-state index is 12.5. The number of nitriles is 1. The average molecular weight is 284 g/mol. The lowest BCUT2D eigenvalue weighted by Crippen LogP contribution is -2.36. The van der Waals surface area contributed by atoms with Gasteiger partial charge in [0, 0.05) is 12.0 Å². The number of rotatable bonds is 4. The topological polar surface area (TPSA) is 52.9 Å². The first kappa shape index (κ1) is 16.0. The van der Waals surface area contributed by atoms with Gasteiger partial charge in [0.15, 0.2) is 0 Å². The molecule has 1 amide bonds. The van der Waals surface area contributed by atoms with Crippen molar-refractivity contribution < 1.29 is 18.0 Å². The van der Waals surface area contributed by atoms with E-state index in [-0.39, 0.29) is 13.0 Å². The summed E-state index contributed by atoms with van der Waals surface area (Å²) in [6, 6.07) is 6.58. The third-order valence-electron chi connectivity index (χ3n) is 2.96. The largest absolute Gasteiger partial charge is 0.416 e. The molecule has 0 saturated heterocycles. The van der Waals surface area contributed by atoms with E-state index in [1.807, 2.05) is 13.8 Å². The predicted molar refractivity (Wildman–Crippen MR) is 67.7 cm³/mol. The Morgan fingerprint density at radius 3 is 2.15 bits per heavy atom. The van der Waals surface area contributed by atoms with Crippen LogP contribution in [0.3, 0.4) is 0 Å². The first-order valence-electron chi connectivity index (χ1n) is 5.98. The molecule has 0 aliphatic rings. The molecule has 0 spiro atoms. The van der Waals surface area contributed by atoms with Gasteiger partial charge in [-0.15, -0.1) is 0 Å². The number of carbonyl (C=O) groups excluding carboxylic acids is 1. The average Bonchev–Trinajstić information content (AvgIpc) is 2.36. The molecule has 0 aliphatic carbocycles. The molecule has 108 valence electrons. The second-order valence-electron chi connectivity index (χ2n) is 5.07. The summed E-state index contributed by atoms with van der Waals surface area (Å²) in [4.78, 5) is 11.2. The van der Waals surface area contributed by atoms with Crippen molar-refractivity contribution in [1.29, 1.82) is 5.26 Å². The van der Waals surface area contributed by atoms with Gasteiger partial charge in [-0.2, -0.15) is 18.4 Å². The van der Waals surface area contributed by atoms with E-state index in [1.165, 1.54) is 12.1 Å². The van der Waals surface area contributed by atoms with Crippen LogP contribution in [0.25, 0.3) is 0 Å². The summed E-state index contributed by atoms with van der Waals surface area (Å²) in [6.07, 6.45) is -4.59. The molecule has 20 heavy (non-hydrogen) atoms. The van der Waals surface area contributed by atoms with Gasteiger partial charge in [0.2, 0.25) is 5.91 Å². The van der Waals surface area contributed by atoms with E-state index in [0.717, 1.165) is 12.1 Å². The minimum Gasteiger partial charge on any atom is -0.354 e. The summed E-state index contributed by atoms with van der Waals surface area (Å²) < 4.78 is 37.4. The van der Waals surface area contributed by atoms with Crippen LogP contribution in [-0.4, -0.2) is 12.5 Å². The highest BCUT2D eigenvalue weighted by atomic mass is 19.4. The van der Waals surface area contributed by atoms with Crippen molar-refractivity contribution in [3.8, 4) is 6.07 Å². The van der Waals surface area contributed by atoms with Crippen molar-refractivity contribution >= 4 is 5.91 Å². The van der Waals surface area contributed by atoms with Crippen LogP contribution in [-0.2, 0) is 16.4 Å². The van der Waals surface area contributed by atoms with Gasteiger partial charge >= 0.3 is 6.18 Å². The number of carbonyl (C=O) groups is 1. The van der Waals surface area contributed by atoms with Crippen LogP contribution in [0.5, 0.6) is 0 Å². The van der Waals surface area contributed by atoms with Crippen LogP contribution in [0, 0.1) is 11.3 Å². The zero-order valence-corrected chi connectivity index (χ0v) is 11.2. The molecule has 1 aromatic rings. The normalized spacial score (nSPS) is 11.8. The molecule has 1 N–H and O–H groups in total. The van der Waals surface area contributed by atoms with Gasteiger partial charge in [0.05, 0.1) is 11.6 Å². The maximum absolute atomic E-state index is 12.5. The molecular formula is C14H15F3N2O. The van der Waals surface area contributed by atoms with Gasteiger partial charge in [-0.1, -0.05) is 26.0 Å². The Balaban J connectivity index is 2.78. The van der Waals surface area contributed by atoms with Crippen LogP contribution >= 0.6 is 0 Å². The van der Waals surface area contributed by atoms with E-state index in [9.17, 15) is 18.0 Å². The molecule has 3 nitrogen and oxygen atoms in total. The molecule has 0 aromatic heterocycles. The monoisotopic (exact) mass is 284 g/mol. The molecule has 0 bridgehead atoms. The van der Waals surface area contributed by atoms with Crippen molar-refractivity contribution in [3.63, 3.8) is 0 Å². The number of amides is 1. The van der Waals surface area contributed by atoms with Gasteiger partial charge in [-0.3, -0.25) is 4.79 Å². The van der Waals surface area contributed by atoms with Crippen molar-refractivity contribution in [2.75, 3.05) is 6.54 Å². The predicted octanol–water partition coefficient (Wildman–Crippen LogP) is 3.01. The zero-order valence-electron chi connectivity index (χ0n) is 11.2. The number of hydrogen-bond donors (Lipinski definition) is 1. The maximum Gasteiger partial charge on any atom is 0.416 e. The molecule has 0 atom stereocenters. The second kappa shape index (κ2) is 5.95. The van der Waals surface area contributed by atoms with Crippen LogP contribution in [0.1, 0.15) is 31.4 Å². The van der Waals surface area contributed by atoms with Gasteiger partial charge in [0.1, 0.15) is 6.42 Å². The molecule has 1 aromatic carbocycles. The van der Waals surface area contributed by atoms with Crippen molar-refractivity contribution in [2.24, 2.45) is 0 Å². The van der Waals surface area contributed by atoms with Crippen LogP contribution in [0.4, 0.5) is 13.2 Å².